The van der Waals surface area contributed by atoms with Crippen molar-refractivity contribution in [3.63, 3.8) is 0 Å². The van der Waals surface area contributed by atoms with Crippen LogP contribution in [0.4, 0.5) is 4.79 Å². The molecule has 2 rings (SSSR count). The second kappa shape index (κ2) is 8.19. The number of nitrogens with zero attached hydrogens (tertiary/aromatic N) is 1. The summed E-state index contributed by atoms with van der Waals surface area (Å²) in [5, 5.41) is 12.3. The largest absolute Gasteiger partial charge is 0.467 e. The zero-order chi connectivity index (χ0) is 15.9. The molecular weight excluding hydrogens is 284 g/mol. The highest BCUT2D eigenvalue weighted by Gasteiger charge is 2.30. The van der Waals surface area contributed by atoms with Crippen molar-refractivity contribution in [1.82, 2.24) is 10.2 Å². The highest BCUT2D eigenvalue weighted by molar-refractivity contribution is 5.75. The summed E-state index contributed by atoms with van der Waals surface area (Å²) in [5.41, 5.74) is 0. The Bertz CT molecular complexity index is 447. The fraction of sp³-hybridized carbons (Fsp3) is 0.688. The zero-order valence-corrected chi connectivity index (χ0v) is 13.3. The first-order valence-electron chi connectivity index (χ1n) is 7.91. The number of urea groups is 1. The minimum atomic E-state index is -0.318. The summed E-state index contributed by atoms with van der Waals surface area (Å²) in [6, 6.07) is 3.04. The van der Waals surface area contributed by atoms with Crippen LogP contribution in [0.5, 0.6) is 0 Å². The smallest absolute Gasteiger partial charge is 0.318 e. The number of hydrogen-bond donors (Lipinski definition) is 2. The maximum Gasteiger partial charge on any atom is 0.318 e. The molecule has 0 radical (unpaired) electrons. The molecule has 1 aliphatic rings. The normalized spacial score (nSPS) is 19.6. The average Bonchev–Trinajstić information content (AvgIpc) is 3.16. The molecule has 0 bridgehead atoms. The van der Waals surface area contributed by atoms with Gasteiger partial charge in [-0.25, -0.2) is 4.79 Å². The second-order valence-corrected chi connectivity index (χ2v) is 6.12. The lowest BCUT2D eigenvalue weighted by molar-refractivity contribution is 0.0830. The predicted molar refractivity (Wildman–Crippen MR) is 82.5 cm³/mol. The fourth-order valence-corrected chi connectivity index (χ4v) is 2.63. The van der Waals surface area contributed by atoms with Gasteiger partial charge in [0.2, 0.25) is 0 Å². The number of ether oxygens (including phenoxy) is 1. The first-order valence-corrected chi connectivity index (χ1v) is 7.91. The van der Waals surface area contributed by atoms with E-state index in [2.05, 4.69) is 19.2 Å². The van der Waals surface area contributed by atoms with Crippen molar-refractivity contribution in [2.45, 2.75) is 38.8 Å². The minimum absolute atomic E-state index is 0.00267. The highest BCUT2D eigenvalue weighted by Crippen LogP contribution is 2.19. The van der Waals surface area contributed by atoms with Crippen molar-refractivity contribution in [1.29, 1.82) is 0 Å². The van der Waals surface area contributed by atoms with E-state index in [9.17, 15) is 9.90 Å². The van der Waals surface area contributed by atoms with E-state index < -0.39 is 0 Å². The molecule has 0 spiro atoms. The van der Waals surface area contributed by atoms with Crippen LogP contribution < -0.4 is 5.32 Å². The summed E-state index contributed by atoms with van der Waals surface area (Å²) >= 11 is 0. The molecule has 2 amide bonds. The van der Waals surface area contributed by atoms with Gasteiger partial charge in [0.1, 0.15) is 11.8 Å². The standard InChI is InChI=1S/C16H26N2O4/c1-12(2)10-21-11-14(15-6-4-8-22-15)17-16(20)18-7-3-5-13(18)9-19/h4,6,8,12-14,19H,3,5,7,9-11H2,1-2H3,(H,17,20). The summed E-state index contributed by atoms with van der Waals surface area (Å²) in [5.74, 6) is 1.11. The van der Waals surface area contributed by atoms with E-state index >= 15 is 0 Å². The lowest BCUT2D eigenvalue weighted by atomic mass is 10.2. The molecule has 1 aromatic rings. The number of likely N-dealkylation sites (tertiary alicyclic amines) is 1. The van der Waals surface area contributed by atoms with Crippen molar-refractivity contribution in [2.24, 2.45) is 5.92 Å². The second-order valence-electron chi connectivity index (χ2n) is 6.12. The number of amides is 2. The summed E-state index contributed by atoms with van der Waals surface area (Å²) in [6.45, 7) is 5.84. The third kappa shape index (κ3) is 4.48. The maximum atomic E-state index is 12.4. The molecule has 124 valence electrons. The molecule has 2 atom stereocenters. The van der Waals surface area contributed by atoms with Crippen molar-refractivity contribution in [2.75, 3.05) is 26.4 Å². The highest BCUT2D eigenvalue weighted by atomic mass is 16.5. The number of furan rings is 1. The van der Waals surface area contributed by atoms with E-state index in [1.165, 1.54) is 0 Å². The molecule has 0 aliphatic carbocycles. The first kappa shape index (κ1) is 16.8. The van der Waals surface area contributed by atoms with E-state index in [4.69, 9.17) is 9.15 Å². The van der Waals surface area contributed by atoms with Crippen molar-refractivity contribution in [3.8, 4) is 0 Å². The zero-order valence-electron chi connectivity index (χ0n) is 13.3. The predicted octanol–water partition coefficient (Wildman–Crippen LogP) is 2.16. The van der Waals surface area contributed by atoms with Crippen LogP contribution in [0.1, 0.15) is 38.5 Å². The van der Waals surface area contributed by atoms with Crippen LogP contribution in [0, 0.1) is 5.92 Å². The van der Waals surface area contributed by atoms with E-state index in [0.717, 1.165) is 12.8 Å². The Labute approximate surface area is 131 Å². The maximum absolute atomic E-state index is 12.4. The molecule has 0 aromatic carbocycles. The van der Waals surface area contributed by atoms with Gasteiger partial charge in [0.05, 0.1) is 25.5 Å². The number of aliphatic hydroxyl groups is 1. The molecule has 1 aliphatic heterocycles. The minimum Gasteiger partial charge on any atom is -0.467 e. The Kier molecular flexibility index (Phi) is 6.27. The van der Waals surface area contributed by atoms with E-state index in [0.29, 0.717) is 31.4 Å². The first-order chi connectivity index (χ1) is 10.6. The molecule has 22 heavy (non-hydrogen) atoms. The van der Waals surface area contributed by atoms with Gasteiger partial charge in [-0.3, -0.25) is 0 Å². The van der Waals surface area contributed by atoms with E-state index in [1.807, 2.05) is 6.07 Å². The van der Waals surface area contributed by atoms with Crippen molar-refractivity contribution in [3.05, 3.63) is 24.2 Å². The van der Waals surface area contributed by atoms with Gasteiger partial charge in [-0.2, -0.15) is 0 Å². The van der Waals surface area contributed by atoms with Crippen LogP contribution in [0.3, 0.4) is 0 Å². The molecule has 2 N–H and O–H groups in total. The number of nitrogens with one attached hydrogen (secondary N) is 1. The summed E-state index contributed by atoms with van der Waals surface area (Å²) in [4.78, 5) is 14.1. The quantitative estimate of drug-likeness (QED) is 0.809. The van der Waals surface area contributed by atoms with Crippen molar-refractivity contribution < 1.29 is 19.1 Å². The van der Waals surface area contributed by atoms with E-state index in [-0.39, 0.29) is 24.7 Å². The number of rotatable bonds is 7. The monoisotopic (exact) mass is 310 g/mol. The summed E-state index contributed by atoms with van der Waals surface area (Å²) < 4.78 is 11.1. The molecule has 1 aromatic heterocycles. The van der Waals surface area contributed by atoms with Gasteiger partial charge in [-0.1, -0.05) is 13.8 Å². The van der Waals surface area contributed by atoms with Crippen LogP contribution in [-0.4, -0.2) is 48.4 Å². The number of aliphatic hydroxyl groups excluding tert-OH is 1. The molecule has 2 heterocycles. The van der Waals surface area contributed by atoms with Gasteiger partial charge in [0, 0.05) is 13.2 Å². The Morgan fingerprint density at radius 3 is 3.00 bits per heavy atom. The van der Waals surface area contributed by atoms with E-state index in [1.54, 1.807) is 17.2 Å². The van der Waals surface area contributed by atoms with Gasteiger partial charge in [-0.15, -0.1) is 0 Å². The number of hydrogen-bond acceptors (Lipinski definition) is 4. The Balaban J connectivity index is 1.95. The fourth-order valence-electron chi connectivity index (χ4n) is 2.63. The van der Waals surface area contributed by atoms with Gasteiger partial charge in [0.15, 0.2) is 0 Å². The summed E-state index contributed by atoms with van der Waals surface area (Å²) in [6.07, 6.45) is 3.36. The number of carbonyl (C=O) groups excluding carboxylic acids is 1. The summed E-state index contributed by atoms with van der Waals surface area (Å²) in [7, 11) is 0. The van der Waals surface area contributed by atoms with Crippen LogP contribution in [-0.2, 0) is 4.74 Å². The Morgan fingerprint density at radius 2 is 2.36 bits per heavy atom. The Hall–Kier alpha value is -1.53. The Morgan fingerprint density at radius 1 is 1.55 bits per heavy atom. The van der Waals surface area contributed by atoms with Crippen LogP contribution in [0.2, 0.25) is 0 Å². The molecule has 0 saturated carbocycles. The molecular formula is C16H26N2O4. The van der Waals surface area contributed by atoms with Gasteiger partial charge in [0.25, 0.3) is 0 Å². The third-order valence-corrected chi connectivity index (χ3v) is 3.77. The topological polar surface area (TPSA) is 74.9 Å². The SMILES string of the molecule is CC(C)COCC(NC(=O)N1CCCC1CO)c1ccco1. The molecule has 1 saturated heterocycles. The third-order valence-electron chi connectivity index (χ3n) is 3.77. The lowest BCUT2D eigenvalue weighted by Gasteiger charge is -2.26. The van der Waals surface area contributed by atoms with Crippen LogP contribution in [0.25, 0.3) is 0 Å². The van der Waals surface area contributed by atoms with Crippen LogP contribution >= 0.6 is 0 Å². The molecule has 1 fully saturated rings. The van der Waals surface area contributed by atoms with Gasteiger partial charge < -0.3 is 24.5 Å². The number of carbonyl (C=O) groups is 1. The molecule has 6 heteroatoms. The van der Waals surface area contributed by atoms with Gasteiger partial charge >= 0.3 is 6.03 Å². The van der Waals surface area contributed by atoms with Crippen molar-refractivity contribution >= 4 is 6.03 Å². The molecule has 6 nitrogen and oxygen atoms in total. The molecule has 2 unspecified atom stereocenters. The average molecular weight is 310 g/mol. The lowest BCUT2D eigenvalue weighted by Crippen LogP contribution is -2.46. The van der Waals surface area contributed by atoms with Gasteiger partial charge in [-0.05, 0) is 30.9 Å². The van der Waals surface area contributed by atoms with Crippen LogP contribution in [0.15, 0.2) is 22.8 Å².